The molecular weight excluding hydrogens is 319 g/mol. The molecule has 0 bridgehead atoms. The Labute approximate surface area is 140 Å². The number of amides is 1. The summed E-state index contributed by atoms with van der Waals surface area (Å²) >= 11 is 0. The molecule has 1 aromatic carbocycles. The molecule has 1 aromatic rings. The fourth-order valence-electron chi connectivity index (χ4n) is 3.04. The van der Waals surface area contributed by atoms with Crippen LogP contribution in [0.2, 0.25) is 0 Å². The highest BCUT2D eigenvalue weighted by Gasteiger charge is 2.32. The molecule has 3 N–H and O–H groups in total. The van der Waals surface area contributed by atoms with Crippen molar-refractivity contribution in [2.75, 3.05) is 26.2 Å². The van der Waals surface area contributed by atoms with E-state index in [1.807, 2.05) is 0 Å². The predicted molar refractivity (Wildman–Crippen MR) is 86.1 cm³/mol. The van der Waals surface area contributed by atoms with Crippen LogP contribution in [0.1, 0.15) is 30.4 Å². The number of carbonyl (C=O) groups excluding carboxylic acids is 1. The number of halogens is 3. The Morgan fingerprint density at radius 2 is 1.92 bits per heavy atom. The van der Waals surface area contributed by atoms with Crippen molar-refractivity contribution in [1.29, 1.82) is 0 Å². The van der Waals surface area contributed by atoms with E-state index >= 15 is 0 Å². The molecule has 0 atom stereocenters. The summed E-state index contributed by atoms with van der Waals surface area (Å²) in [5.74, 6) is -0.238. The molecule has 4 nitrogen and oxygen atoms in total. The van der Waals surface area contributed by atoms with E-state index in [-0.39, 0.29) is 23.9 Å². The first kappa shape index (κ1) is 18.7. The summed E-state index contributed by atoms with van der Waals surface area (Å²) in [4.78, 5) is 13.4. The fraction of sp³-hybridized carbons (Fsp3) is 0.588. The molecule has 1 fully saturated rings. The van der Waals surface area contributed by atoms with Crippen LogP contribution in [0.25, 0.3) is 0 Å². The number of benzene rings is 1. The molecule has 0 unspecified atom stereocenters. The number of likely N-dealkylation sites (tertiary alicyclic amines) is 1. The molecule has 1 saturated heterocycles. The van der Waals surface area contributed by atoms with Crippen LogP contribution in [0.15, 0.2) is 24.3 Å². The number of carbonyl (C=O) groups is 1. The van der Waals surface area contributed by atoms with Crippen LogP contribution in [0.5, 0.6) is 0 Å². The van der Waals surface area contributed by atoms with Crippen molar-refractivity contribution in [1.82, 2.24) is 10.2 Å². The fourth-order valence-corrected chi connectivity index (χ4v) is 3.04. The third-order valence-corrected chi connectivity index (χ3v) is 4.46. The molecule has 1 heterocycles. The van der Waals surface area contributed by atoms with Gasteiger partial charge in [-0.1, -0.05) is 18.2 Å². The quantitative estimate of drug-likeness (QED) is 0.748. The second kappa shape index (κ2) is 8.48. The third kappa shape index (κ3) is 5.49. The van der Waals surface area contributed by atoms with Crippen molar-refractivity contribution in [2.45, 2.75) is 32.0 Å². The first-order valence-corrected chi connectivity index (χ1v) is 8.25. The first-order chi connectivity index (χ1) is 11.4. The van der Waals surface area contributed by atoms with Gasteiger partial charge in [0.25, 0.3) is 0 Å². The maximum absolute atomic E-state index is 12.9. The maximum Gasteiger partial charge on any atom is 0.416 e. The molecule has 0 spiro atoms. The van der Waals surface area contributed by atoms with E-state index in [0.717, 1.165) is 45.0 Å². The highest BCUT2D eigenvalue weighted by atomic mass is 19.4. The normalized spacial score (nSPS) is 17.1. The molecule has 1 aliphatic heterocycles. The van der Waals surface area contributed by atoms with Gasteiger partial charge in [-0.3, -0.25) is 4.79 Å². The molecule has 134 valence electrons. The number of nitrogens with one attached hydrogen (secondary N) is 1. The second-order valence-corrected chi connectivity index (χ2v) is 6.20. The van der Waals surface area contributed by atoms with Crippen LogP contribution < -0.4 is 11.1 Å². The van der Waals surface area contributed by atoms with E-state index in [4.69, 9.17) is 5.73 Å². The van der Waals surface area contributed by atoms with Crippen LogP contribution in [-0.2, 0) is 17.5 Å². The van der Waals surface area contributed by atoms with E-state index < -0.39 is 11.7 Å². The monoisotopic (exact) mass is 343 g/mol. The Hall–Kier alpha value is -1.60. The van der Waals surface area contributed by atoms with Gasteiger partial charge in [0.2, 0.25) is 5.91 Å². The minimum atomic E-state index is -4.32. The average Bonchev–Trinajstić information content (AvgIpc) is 2.54. The number of hydrogen-bond donors (Lipinski definition) is 2. The summed E-state index contributed by atoms with van der Waals surface area (Å²) in [6.45, 7) is 3.44. The summed E-state index contributed by atoms with van der Waals surface area (Å²) < 4.78 is 38.7. The third-order valence-electron chi connectivity index (χ3n) is 4.46. The molecule has 0 radical (unpaired) electrons. The summed E-state index contributed by atoms with van der Waals surface area (Å²) in [5.41, 5.74) is 5.00. The van der Waals surface area contributed by atoms with Gasteiger partial charge in [0.05, 0.1) is 5.56 Å². The Morgan fingerprint density at radius 1 is 1.25 bits per heavy atom. The zero-order valence-electron chi connectivity index (χ0n) is 13.6. The SMILES string of the molecule is NC(=O)C1CCN(CCCNCc2ccccc2C(F)(F)F)CC1. The number of primary amides is 1. The zero-order valence-corrected chi connectivity index (χ0v) is 13.6. The molecule has 1 amide bonds. The minimum Gasteiger partial charge on any atom is -0.369 e. The minimum absolute atomic E-state index is 0.0155. The molecule has 7 heteroatoms. The van der Waals surface area contributed by atoms with E-state index in [2.05, 4.69) is 10.2 Å². The molecule has 2 rings (SSSR count). The second-order valence-electron chi connectivity index (χ2n) is 6.20. The summed E-state index contributed by atoms with van der Waals surface area (Å²) in [6, 6.07) is 5.64. The number of alkyl halides is 3. The van der Waals surface area contributed by atoms with Gasteiger partial charge < -0.3 is 16.0 Å². The highest BCUT2D eigenvalue weighted by molar-refractivity contribution is 5.76. The van der Waals surface area contributed by atoms with E-state index in [9.17, 15) is 18.0 Å². The van der Waals surface area contributed by atoms with E-state index in [1.54, 1.807) is 6.07 Å². The molecule has 0 aliphatic carbocycles. The van der Waals surface area contributed by atoms with Crippen molar-refractivity contribution >= 4 is 5.91 Å². The molecule has 24 heavy (non-hydrogen) atoms. The summed E-state index contributed by atoms with van der Waals surface area (Å²) in [6.07, 6.45) is -1.87. The Bertz CT molecular complexity index is 540. The standard InChI is InChI=1S/C17H24F3N3O/c18-17(19,20)15-5-2-1-4-14(15)12-22-8-3-9-23-10-6-13(7-11-23)16(21)24/h1-2,4-5,13,22H,3,6-12H2,(H2,21,24). The van der Waals surface area contributed by atoms with Gasteiger partial charge in [0.15, 0.2) is 0 Å². The van der Waals surface area contributed by atoms with Gasteiger partial charge in [-0.25, -0.2) is 0 Å². The van der Waals surface area contributed by atoms with Crippen LogP contribution in [0, 0.1) is 5.92 Å². The molecule has 0 saturated carbocycles. The summed E-state index contributed by atoms with van der Waals surface area (Å²) in [5, 5.41) is 3.08. The smallest absolute Gasteiger partial charge is 0.369 e. The van der Waals surface area contributed by atoms with Gasteiger partial charge in [-0.15, -0.1) is 0 Å². The van der Waals surface area contributed by atoms with Crippen molar-refractivity contribution in [3.05, 3.63) is 35.4 Å². The van der Waals surface area contributed by atoms with Gasteiger partial charge in [-0.05, 0) is 57.1 Å². The molecule has 1 aliphatic rings. The lowest BCUT2D eigenvalue weighted by atomic mass is 9.96. The Balaban J connectivity index is 1.67. The van der Waals surface area contributed by atoms with E-state index in [1.165, 1.54) is 12.1 Å². The van der Waals surface area contributed by atoms with Crippen molar-refractivity contribution in [3.63, 3.8) is 0 Å². The van der Waals surface area contributed by atoms with Crippen LogP contribution in [-0.4, -0.2) is 37.0 Å². The topological polar surface area (TPSA) is 58.4 Å². The number of nitrogens with zero attached hydrogens (tertiary/aromatic N) is 1. The number of nitrogens with two attached hydrogens (primary N) is 1. The maximum atomic E-state index is 12.9. The van der Waals surface area contributed by atoms with Gasteiger partial charge in [-0.2, -0.15) is 13.2 Å². The lowest BCUT2D eigenvalue weighted by Gasteiger charge is -2.30. The van der Waals surface area contributed by atoms with Gasteiger partial charge in [0, 0.05) is 12.5 Å². The van der Waals surface area contributed by atoms with E-state index in [0.29, 0.717) is 6.54 Å². The largest absolute Gasteiger partial charge is 0.416 e. The Kier molecular flexibility index (Phi) is 6.62. The van der Waals surface area contributed by atoms with Gasteiger partial charge in [0.1, 0.15) is 0 Å². The lowest BCUT2D eigenvalue weighted by molar-refractivity contribution is -0.138. The van der Waals surface area contributed by atoms with Crippen molar-refractivity contribution < 1.29 is 18.0 Å². The first-order valence-electron chi connectivity index (χ1n) is 8.25. The lowest BCUT2D eigenvalue weighted by Crippen LogP contribution is -2.39. The Morgan fingerprint density at radius 3 is 2.54 bits per heavy atom. The zero-order chi connectivity index (χ0) is 17.6. The number of piperidine rings is 1. The average molecular weight is 343 g/mol. The van der Waals surface area contributed by atoms with Crippen LogP contribution in [0.4, 0.5) is 13.2 Å². The van der Waals surface area contributed by atoms with Crippen LogP contribution >= 0.6 is 0 Å². The molecular formula is C17H24F3N3O. The summed E-state index contributed by atoms with van der Waals surface area (Å²) in [7, 11) is 0. The molecule has 0 aromatic heterocycles. The van der Waals surface area contributed by atoms with Crippen molar-refractivity contribution in [3.8, 4) is 0 Å². The van der Waals surface area contributed by atoms with Crippen molar-refractivity contribution in [2.24, 2.45) is 11.7 Å². The number of hydrogen-bond acceptors (Lipinski definition) is 3. The van der Waals surface area contributed by atoms with Crippen LogP contribution in [0.3, 0.4) is 0 Å². The highest BCUT2D eigenvalue weighted by Crippen LogP contribution is 2.31. The predicted octanol–water partition coefficient (Wildman–Crippen LogP) is 2.38. The number of rotatable bonds is 7. The van der Waals surface area contributed by atoms with Gasteiger partial charge >= 0.3 is 6.18 Å².